The van der Waals surface area contributed by atoms with Crippen LogP contribution in [0.5, 0.6) is 5.75 Å². The number of rotatable bonds is 10. The van der Waals surface area contributed by atoms with Crippen LogP contribution in [0.25, 0.3) is 0 Å². The number of ether oxygens (including phenoxy) is 1. The van der Waals surface area contributed by atoms with E-state index < -0.39 is 0 Å². The van der Waals surface area contributed by atoms with Crippen molar-refractivity contribution in [3.05, 3.63) is 95.1 Å². The summed E-state index contributed by atoms with van der Waals surface area (Å²) in [6.07, 6.45) is 5.03. The van der Waals surface area contributed by atoms with Crippen molar-refractivity contribution < 1.29 is 14.3 Å². The van der Waals surface area contributed by atoms with Crippen LogP contribution in [-0.2, 0) is 4.79 Å². The molecule has 0 aromatic heterocycles. The predicted molar refractivity (Wildman–Crippen MR) is 149 cm³/mol. The SMILES string of the molecule is N=C(c1ccc(OC2CCN(CC=O)CC2)cc1)c1cc(C(=O)NC(c2ccccc2)C2CC2)ccc1N. The summed E-state index contributed by atoms with van der Waals surface area (Å²) in [7, 11) is 0. The Kier molecular flexibility index (Phi) is 7.84. The summed E-state index contributed by atoms with van der Waals surface area (Å²) >= 11 is 0. The Morgan fingerprint density at radius 1 is 1.00 bits per heavy atom. The van der Waals surface area contributed by atoms with E-state index in [1.54, 1.807) is 18.2 Å². The second-order valence-electron chi connectivity index (χ2n) is 10.2. The van der Waals surface area contributed by atoms with Crippen molar-refractivity contribution >= 4 is 23.6 Å². The van der Waals surface area contributed by atoms with Crippen molar-refractivity contribution in [1.29, 1.82) is 5.41 Å². The molecule has 3 aromatic rings. The first-order chi connectivity index (χ1) is 18.5. The van der Waals surface area contributed by atoms with Crippen LogP contribution in [-0.4, -0.2) is 48.5 Å². The number of amides is 1. The highest BCUT2D eigenvalue weighted by Crippen LogP contribution is 2.41. The van der Waals surface area contributed by atoms with E-state index in [2.05, 4.69) is 22.3 Å². The number of carbonyl (C=O) groups excluding carboxylic acids is 2. The summed E-state index contributed by atoms with van der Waals surface area (Å²) < 4.78 is 6.13. The first kappa shape index (κ1) is 25.7. The average Bonchev–Trinajstić information content (AvgIpc) is 3.79. The fourth-order valence-corrected chi connectivity index (χ4v) is 5.07. The molecule has 1 saturated carbocycles. The van der Waals surface area contributed by atoms with Gasteiger partial charge in [-0.15, -0.1) is 0 Å². The molecule has 2 aliphatic rings. The standard InChI is InChI=1S/C31H34N4O3/c32-28-13-10-24(31(37)34-30(23-6-7-23)22-4-2-1-3-5-22)20-27(28)29(33)21-8-11-25(12-9-21)38-26-14-16-35(17-15-26)18-19-36/h1-5,8-13,19-20,23,26,30,33H,6-7,14-18,32H2,(H,34,37). The topological polar surface area (TPSA) is 109 Å². The zero-order chi connectivity index (χ0) is 26.5. The van der Waals surface area contributed by atoms with Crippen LogP contribution in [0.4, 0.5) is 5.69 Å². The number of hydrogen-bond acceptors (Lipinski definition) is 6. The lowest BCUT2D eigenvalue weighted by Gasteiger charge is -2.30. The van der Waals surface area contributed by atoms with E-state index in [1.165, 1.54) is 0 Å². The van der Waals surface area contributed by atoms with Gasteiger partial charge in [0.1, 0.15) is 18.1 Å². The molecule has 1 saturated heterocycles. The third-order valence-corrected chi connectivity index (χ3v) is 7.44. The molecule has 0 spiro atoms. The van der Waals surface area contributed by atoms with Gasteiger partial charge in [-0.3, -0.25) is 15.1 Å². The Labute approximate surface area is 223 Å². The van der Waals surface area contributed by atoms with Gasteiger partial charge in [-0.1, -0.05) is 30.3 Å². The predicted octanol–water partition coefficient (Wildman–Crippen LogP) is 4.61. The normalized spacial score (nSPS) is 16.9. The molecule has 2 fully saturated rings. The van der Waals surface area contributed by atoms with E-state index in [0.29, 0.717) is 34.8 Å². The minimum atomic E-state index is -0.164. The number of carbonyl (C=O) groups is 2. The fourth-order valence-electron chi connectivity index (χ4n) is 5.07. The third kappa shape index (κ3) is 6.11. The summed E-state index contributed by atoms with van der Waals surface area (Å²) in [4.78, 5) is 26.1. The zero-order valence-corrected chi connectivity index (χ0v) is 21.4. The zero-order valence-electron chi connectivity index (χ0n) is 21.4. The smallest absolute Gasteiger partial charge is 0.251 e. The number of nitrogen functional groups attached to an aromatic ring is 1. The van der Waals surface area contributed by atoms with Crippen LogP contribution in [0.2, 0.25) is 0 Å². The maximum absolute atomic E-state index is 13.2. The molecule has 38 heavy (non-hydrogen) atoms. The molecule has 1 aliphatic carbocycles. The van der Waals surface area contributed by atoms with Crippen molar-refractivity contribution in [2.24, 2.45) is 5.92 Å². The van der Waals surface area contributed by atoms with Crippen LogP contribution in [0.15, 0.2) is 72.8 Å². The molecular formula is C31H34N4O3. The molecule has 4 N–H and O–H groups in total. The number of nitrogens with two attached hydrogens (primary N) is 1. The second-order valence-corrected chi connectivity index (χ2v) is 10.2. The molecule has 196 valence electrons. The van der Waals surface area contributed by atoms with Crippen molar-refractivity contribution in [2.75, 3.05) is 25.4 Å². The summed E-state index contributed by atoms with van der Waals surface area (Å²) in [5.74, 6) is 1.05. The van der Waals surface area contributed by atoms with E-state index >= 15 is 0 Å². The van der Waals surface area contributed by atoms with Gasteiger partial charge in [0.15, 0.2) is 0 Å². The number of nitrogens with one attached hydrogen (secondary N) is 2. The summed E-state index contributed by atoms with van der Waals surface area (Å²) in [6.45, 7) is 2.17. The number of anilines is 1. The quantitative estimate of drug-likeness (QED) is 0.210. The lowest BCUT2D eigenvalue weighted by Crippen LogP contribution is -2.39. The lowest BCUT2D eigenvalue weighted by atomic mass is 9.97. The largest absolute Gasteiger partial charge is 0.490 e. The molecule has 1 atom stereocenters. The van der Waals surface area contributed by atoms with Crippen LogP contribution in [0.3, 0.4) is 0 Å². The van der Waals surface area contributed by atoms with Gasteiger partial charge in [0.05, 0.1) is 18.3 Å². The average molecular weight is 511 g/mol. The lowest BCUT2D eigenvalue weighted by molar-refractivity contribution is -0.109. The van der Waals surface area contributed by atoms with Gasteiger partial charge in [-0.25, -0.2) is 0 Å². The van der Waals surface area contributed by atoms with Gasteiger partial charge >= 0.3 is 0 Å². The van der Waals surface area contributed by atoms with E-state index in [0.717, 1.165) is 56.4 Å². The van der Waals surface area contributed by atoms with Gasteiger partial charge in [-0.05, 0) is 79.6 Å². The molecule has 5 rings (SSSR count). The van der Waals surface area contributed by atoms with Crippen molar-refractivity contribution in [2.45, 2.75) is 37.8 Å². The number of benzene rings is 3. The van der Waals surface area contributed by atoms with Crippen LogP contribution >= 0.6 is 0 Å². The number of nitrogens with zero attached hydrogens (tertiary/aromatic N) is 1. The molecule has 0 bridgehead atoms. The minimum Gasteiger partial charge on any atom is -0.490 e. The maximum atomic E-state index is 13.2. The number of piperidine rings is 1. The fraction of sp³-hybridized carbons (Fsp3) is 0.323. The molecule has 1 unspecified atom stereocenters. The molecule has 3 aromatic carbocycles. The Morgan fingerprint density at radius 2 is 1.68 bits per heavy atom. The first-order valence-corrected chi connectivity index (χ1v) is 13.3. The highest BCUT2D eigenvalue weighted by molar-refractivity contribution is 6.14. The maximum Gasteiger partial charge on any atom is 0.251 e. The first-order valence-electron chi connectivity index (χ1n) is 13.3. The van der Waals surface area contributed by atoms with Gasteiger partial charge in [-0.2, -0.15) is 0 Å². The number of likely N-dealkylation sites (tertiary alicyclic amines) is 1. The van der Waals surface area contributed by atoms with Crippen LogP contribution < -0.4 is 15.8 Å². The van der Waals surface area contributed by atoms with Gasteiger partial charge < -0.3 is 20.6 Å². The monoisotopic (exact) mass is 510 g/mol. The molecule has 1 heterocycles. The van der Waals surface area contributed by atoms with E-state index in [4.69, 9.17) is 15.9 Å². The van der Waals surface area contributed by atoms with Crippen molar-refractivity contribution in [1.82, 2.24) is 10.2 Å². The van der Waals surface area contributed by atoms with Gasteiger partial charge in [0.25, 0.3) is 5.91 Å². The van der Waals surface area contributed by atoms with Crippen molar-refractivity contribution in [3.8, 4) is 5.75 Å². The van der Waals surface area contributed by atoms with Gasteiger partial charge in [0, 0.05) is 35.5 Å². The van der Waals surface area contributed by atoms with Gasteiger partial charge in [0.2, 0.25) is 0 Å². The third-order valence-electron chi connectivity index (χ3n) is 7.44. The Balaban J connectivity index is 1.25. The molecule has 7 nitrogen and oxygen atoms in total. The Hall–Kier alpha value is -3.97. The second kappa shape index (κ2) is 11.6. The molecule has 0 radical (unpaired) electrons. The Bertz CT molecular complexity index is 1280. The number of aldehydes is 1. The summed E-state index contributed by atoms with van der Waals surface area (Å²) in [5, 5.41) is 12.0. The van der Waals surface area contributed by atoms with Crippen LogP contribution in [0, 0.1) is 11.3 Å². The minimum absolute atomic E-state index is 0.0195. The summed E-state index contributed by atoms with van der Waals surface area (Å²) in [6, 6.07) is 22.6. The van der Waals surface area contributed by atoms with E-state index in [-0.39, 0.29) is 23.8 Å². The molecule has 7 heteroatoms. The highest BCUT2D eigenvalue weighted by Gasteiger charge is 2.33. The number of hydrogen-bond donors (Lipinski definition) is 3. The summed E-state index contributed by atoms with van der Waals surface area (Å²) in [5.41, 5.74) is 9.77. The van der Waals surface area contributed by atoms with Crippen molar-refractivity contribution in [3.63, 3.8) is 0 Å². The molecule has 1 aliphatic heterocycles. The van der Waals surface area contributed by atoms with Crippen LogP contribution in [0.1, 0.15) is 58.8 Å². The molecular weight excluding hydrogens is 476 g/mol. The highest BCUT2D eigenvalue weighted by atomic mass is 16.5. The van der Waals surface area contributed by atoms with E-state index in [1.807, 2.05) is 42.5 Å². The van der Waals surface area contributed by atoms with E-state index in [9.17, 15) is 9.59 Å². The Morgan fingerprint density at radius 3 is 2.34 bits per heavy atom. The molecule has 1 amide bonds.